The number of benzene rings is 3. The van der Waals surface area contributed by atoms with Crippen molar-refractivity contribution < 1.29 is 9.21 Å². The molecule has 0 radical (unpaired) electrons. The fourth-order valence-corrected chi connectivity index (χ4v) is 3.35. The average molecular weight is 343 g/mol. The Hall–Kier alpha value is -3.07. The molecule has 130 valence electrons. The normalized spacial score (nSPS) is 12.4. The maximum atomic E-state index is 12.9. The van der Waals surface area contributed by atoms with Gasteiger partial charge in [0.05, 0.1) is 12.5 Å². The molecular weight excluding hydrogens is 322 g/mol. The van der Waals surface area contributed by atoms with Crippen molar-refractivity contribution in [3.8, 4) is 0 Å². The molecule has 0 fully saturated rings. The molecule has 0 aliphatic carbocycles. The Morgan fingerprint density at radius 3 is 2.46 bits per heavy atom. The zero-order valence-electron chi connectivity index (χ0n) is 15.0. The molecule has 0 aliphatic heterocycles. The van der Waals surface area contributed by atoms with E-state index < -0.39 is 0 Å². The van der Waals surface area contributed by atoms with E-state index in [0.717, 1.165) is 33.1 Å². The molecule has 3 aromatic carbocycles. The summed E-state index contributed by atoms with van der Waals surface area (Å²) in [6, 6.07) is 24.1. The van der Waals surface area contributed by atoms with E-state index >= 15 is 0 Å². The first-order chi connectivity index (χ1) is 12.6. The molecule has 1 atom stereocenters. The number of furan rings is 1. The van der Waals surface area contributed by atoms with Crippen LogP contribution >= 0.6 is 0 Å². The van der Waals surface area contributed by atoms with E-state index in [2.05, 4.69) is 18.2 Å². The monoisotopic (exact) mass is 343 g/mol. The van der Waals surface area contributed by atoms with E-state index in [1.807, 2.05) is 68.6 Å². The van der Waals surface area contributed by atoms with Gasteiger partial charge in [-0.1, -0.05) is 60.7 Å². The van der Waals surface area contributed by atoms with Gasteiger partial charge < -0.3 is 9.32 Å². The largest absolute Gasteiger partial charge is 0.459 e. The molecule has 3 nitrogen and oxygen atoms in total. The highest BCUT2D eigenvalue weighted by Gasteiger charge is 2.21. The molecule has 1 aromatic heterocycles. The minimum absolute atomic E-state index is 0.0781. The van der Waals surface area contributed by atoms with Crippen molar-refractivity contribution in [1.29, 1.82) is 0 Å². The predicted octanol–water partition coefficient (Wildman–Crippen LogP) is 5.35. The van der Waals surface area contributed by atoms with E-state index in [1.54, 1.807) is 4.90 Å². The number of carbonyl (C=O) groups is 1. The Morgan fingerprint density at radius 1 is 0.962 bits per heavy atom. The summed E-state index contributed by atoms with van der Waals surface area (Å²) in [6.45, 7) is 2.00. The zero-order chi connectivity index (χ0) is 18.1. The summed E-state index contributed by atoms with van der Waals surface area (Å²) in [5.41, 5.74) is 1.90. The lowest BCUT2D eigenvalue weighted by Crippen LogP contribution is -2.30. The number of nitrogens with zero attached hydrogens (tertiary/aromatic N) is 1. The lowest BCUT2D eigenvalue weighted by Gasteiger charge is -2.23. The number of likely N-dealkylation sites (N-methyl/N-ethyl adjacent to an activating group) is 1. The third-order valence-electron chi connectivity index (χ3n) is 5.05. The number of carbonyl (C=O) groups excluding carboxylic acids is 1. The van der Waals surface area contributed by atoms with Crippen molar-refractivity contribution in [2.45, 2.75) is 19.4 Å². The summed E-state index contributed by atoms with van der Waals surface area (Å²) < 4.78 is 5.93. The number of hydrogen-bond donors (Lipinski definition) is 0. The van der Waals surface area contributed by atoms with Crippen molar-refractivity contribution in [2.75, 3.05) is 7.05 Å². The van der Waals surface area contributed by atoms with Gasteiger partial charge in [0.2, 0.25) is 5.91 Å². The summed E-state index contributed by atoms with van der Waals surface area (Å²) in [5.74, 6) is 0.884. The molecule has 1 unspecified atom stereocenters. The minimum atomic E-state index is -0.120. The Balaban J connectivity index is 1.57. The fourth-order valence-electron chi connectivity index (χ4n) is 3.35. The van der Waals surface area contributed by atoms with Crippen molar-refractivity contribution in [3.63, 3.8) is 0 Å². The topological polar surface area (TPSA) is 33.5 Å². The second-order valence-electron chi connectivity index (χ2n) is 6.68. The smallest absolute Gasteiger partial charge is 0.227 e. The summed E-state index contributed by atoms with van der Waals surface area (Å²) in [7, 11) is 1.84. The highest BCUT2D eigenvalue weighted by Crippen LogP contribution is 2.27. The summed E-state index contributed by atoms with van der Waals surface area (Å²) in [5, 5.41) is 3.35. The van der Waals surface area contributed by atoms with Crippen LogP contribution in [0.3, 0.4) is 0 Å². The van der Waals surface area contributed by atoms with Gasteiger partial charge in [-0.25, -0.2) is 0 Å². The predicted molar refractivity (Wildman–Crippen MR) is 105 cm³/mol. The second-order valence-corrected chi connectivity index (χ2v) is 6.68. The molecule has 0 saturated carbocycles. The molecule has 0 aliphatic rings. The van der Waals surface area contributed by atoms with E-state index in [0.29, 0.717) is 6.42 Å². The number of rotatable bonds is 4. The van der Waals surface area contributed by atoms with Gasteiger partial charge in [0.15, 0.2) is 0 Å². The van der Waals surface area contributed by atoms with Crippen molar-refractivity contribution in [3.05, 3.63) is 84.1 Å². The molecule has 1 amide bonds. The van der Waals surface area contributed by atoms with Gasteiger partial charge in [0.25, 0.3) is 0 Å². The van der Waals surface area contributed by atoms with Gasteiger partial charge >= 0.3 is 0 Å². The number of hydrogen-bond acceptors (Lipinski definition) is 2. The van der Waals surface area contributed by atoms with Crippen LogP contribution in [-0.4, -0.2) is 17.9 Å². The molecular formula is C23H21NO2. The lowest BCUT2D eigenvalue weighted by molar-refractivity contribution is -0.131. The highest BCUT2D eigenvalue weighted by molar-refractivity contribution is 5.90. The van der Waals surface area contributed by atoms with Crippen molar-refractivity contribution in [1.82, 2.24) is 4.90 Å². The molecule has 26 heavy (non-hydrogen) atoms. The molecule has 0 spiro atoms. The first-order valence-corrected chi connectivity index (χ1v) is 8.84. The van der Waals surface area contributed by atoms with Crippen LogP contribution in [0.15, 0.2) is 77.2 Å². The van der Waals surface area contributed by atoms with Crippen LogP contribution in [0.2, 0.25) is 0 Å². The van der Waals surface area contributed by atoms with Gasteiger partial charge in [-0.15, -0.1) is 0 Å². The quantitative estimate of drug-likeness (QED) is 0.500. The Labute approximate surface area is 152 Å². The van der Waals surface area contributed by atoms with Gasteiger partial charge in [-0.2, -0.15) is 0 Å². The zero-order valence-corrected chi connectivity index (χ0v) is 15.0. The van der Waals surface area contributed by atoms with Crippen LogP contribution < -0.4 is 0 Å². The van der Waals surface area contributed by atoms with Gasteiger partial charge in [0, 0.05) is 12.4 Å². The van der Waals surface area contributed by atoms with Crippen LogP contribution in [-0.2, 0) is 11.2 Å². The van der Waals surface area contributed by atoms with Crippen molar-refractivity contribution in [2.24, 2.45) is 0 Å². The van der Waals surface area contributed by atoms with Crippen molar-refractivity contribution >= 4 is 27.6 Å². The maximum Gasteiger partial charge on any atom is 0.227 e. The second kappa shape index (κ2) is 6.68. The van der Waals surface area contributed by atoms with E-state index in [4.69, 9.17) is 4.42 Å². The minimum Gasteiger partial charge on any atom is -0.459 e. The van der Waals surface area contributed by atoms with E-state index in [-0.39, 0.29) is 11.9 Å². The molecule has 0 bridgehead atoms. The van der Waals surface area contributed by atoms with Crippen LogP contribution in [0.1, 0.15) is 24.3 Å². The molecule has 0 N–H and O–H groups in total. The third kappa shape index (κ3) is 2.97. The molecule has 4 rings (SSSR count). The first-order valence-electron chi connectivity index (χ1n) is 8.84. The van der Waals surface area contributed by atoms with E-state index in [9.17, 15) is 4.79 Å². The van der Waals surface area contributed by atoms with Crippen LogP contribution in [0, 0.1) is 0 Å². The fraction of sp³-hybridized carbons (Fsp3) is 0.174. The van der Waals surface area contributed by atoms with Gasteiger partial charge in [-0.05, 0) is 35.4 Å². The Morgan fingerprint density at radius 2 is 1.65 bits per heavy atom. The third-order valence-corrected chi connectivity index (χ3v) is 5.05. The Bertz CT molecular complexity index is 1040. The van der Waals surface area contributed by atoms with Crippen LogP contribution in [0.4, 0.5) is 0 Å². The molecule has 1 heterocycles. The standard InChI is InChI=1S/C23H21NO2/c1-16(22-14-19-9-4-6-13-21(19)26-22)24(2)23(25)15-18-11-7-10-17-8-3-5-12-20(17)18/h3-14,16H,15H2,1-2H3. The molecule has 0 saturated heterocycles. The van der Waals surface area contributed by atoms with Gasteiger partial charge in [0.1, 0.15) is 11.3 Å². The van der Waals surface area contributed by atoms with E-state index in [1.165, 1.54) is 0 Å². The Kier molecular flexibility index (Phi) is 4.21. The molecule has 4 aromatic rings. The number of amides is 1. The van der Waals surface area contributed by atoms with Crippen LogP contribution in [0.5, 0.6) is 0 Å². The summed E-state index contributed by atoms with van der Waals surface area (Å²) in [4.78, 5) is 14.6. The van der Waals surface area contributed by atoms with Crippen LogP contribution in [0.25, 0.3) is 21.7 Å². The SMILES string of the molecule is CC(c1cc2ccccc2o1)N(C)C(=O)Cc1cccc2ccccc12. The first kappa shape index (κ1) is 16.4. The summed E-state index contributed by atoms with van der Waals surface area (Å²) >= 11 is 0. The summed E-state index contributed by atoms with van der Waals surface area (Å²) in [6.07, 6.45) is 0.377. The lowest BCUT2D eigenvalue weighted by atomic mass is 10.0. The van der Waals surface area contributed by atoms with Gasteiger partial charge in [-0.3, -0.25) is 4.79 Å². The highest BCUT2D eigenvalue weighted by atomic mass is 16.3. The number of para-hydroxylation sites is 1. The number of fused-ring (bicyclic) bond motifs is 2. The molecule has 3 heteroatoms. The average Bonchev–Trinajstić information content (AvgIpc) is 3.11. The maximum absolute atomic E-state index is 12.9.